The van der Waals surface area contributed by atoms with Crippen molar-refractivity contribution in [1.29, 1.82) is 0 Å². The number of halogens is 2. The SMILES string of the molecule is Nc1ccc(-[n+]2c(-c3ccccc3)cc(-c3ccc(-c4cc(-c5ccccc5)[n+](-c5ccc(N)cc5)c(-c5ccccc5)c4)cc3)cc2-c2ccccc2)cc1.[O-][Cl+3]([O-])([O-])[O-].[O-][Cl+3]([O-])([O-])[O-]. The van der Waals surface area contributed by atoms with E-state index in [0.29, 0.717) is 0 Å². The minimum absolute atomic E-state index is 0.735. The van der Waals surface area contributed by atoms with Crippen LogP contribution in [0.2, 0.25) is 0 Å². The molecule has 12 nitrogen and oxygen atoms in total. The number of hydrogen-bond acceptors (Lipinski definition) is 10. The fourth-order valence-electron chi connectivity index (χ4n) is 7.47. The van der Waals surface area contributed by atoms with Crippen molar-refractivity contribution in [3.8, 4) is 78.7 Å². The number of aromatic nitrogens is 2. The summed E-state index contributed by atoms with van der Waals surface area (Å²) in [4.78, 5) is 0. The maximum absolute atomic E-state index is 8.49. The Hall–Kier alpha value is -7.30. The van der Waals surface area contributed by atoms with Gasteiger partial charge in [-0.05, 0) is 95.1 Å². The van der Waals surface area contributed by atoms with Crippen LogP contribution >= 0.6 is 0 Å². The van der Waals surface area contributed by atoms with Gasteiger partial charge in [0.05, 0.1) is 0 Å². The van der Waals surface area contributed by atoms with Gasteiger partial charge in [0.15, 0.2) is 0 Å². The van der Waals surface area contributed by atoms with Gasteiger partial charge in [-0.15, -0.1) is 20.5 Å². The van der Waals surface area contributed by atoms with Crippen LogP contribution in [0.1, 0.15) is 0 Å². The van der Waals surface area contributed by atoms with E-state index in [1.165, 1.54) is 0 Å². The highest BCUT2D eigenvalue weighted by Crippen LogP contribution is 2.34. The smallest absolute Gasteiger partial charge is 0.219 e. The highest BCUT2D eigenvalue weighted by atomic mass is 35.7. The van der Waals surface area contributed by atoms with Gasteiger partial charge in [0.25, 0.3) is 0 Å². The number of nitrogens with zero attached hydrogens (tertiary/aromatic N) is 2. The molecule has 0 radical (unpaired) electrons. The van der Waals surface area contributed by atoms with Crippen molar-refractivity contribution in [2.75, 3.05) is 11.5 Å². The lowest BCUT2D eigenvalue weighted by Gasteiger charge is -2.17. The van der Waals surface area contributed by atoms with E-state index in [1.54, 1.807) is 0 Å². The van der Waals surface area contributed by atoms with Crippen molar-refractivity contribution in [2.24, 2.45) is 0 Å². The summed E-state index contributed by atoms with van der Waals surface area (Å²) < 4.78 is 72.6. The van der Waals surface area contributed by atoms with Crippen LogP contribution in [0, 0.1) is 20.5 Å². The lowest BCUT2D eigenvalue weighted by Crippen LogP contribution is -2.68. The normalized spacial score (nSPS) is 11.2. The quantitative estimate of drug-likeness (QED) is 0.166. The van der Waals surface area contributed by atoms with Gasteiger partial charge in [-0.2, -0.15) is 9.13 Å². The van der Waals surface area contributed by atoms with Crippen LogP contribution in [0.25, 0.3) is 78.7 Å². The van der Waals surface area contributed by atoms with Gasteiger partial charge in [-0.3, -0.25) is 0 Å². The molecular formula is C52H40Cl2N4O8. The first-order chi connectivity index (χ1) is 31.6. The van der Waals surface area contributed by atoms with E-state index in [-0.39, 0.29) is 0 Å². The fourth-order valence-corrected chi connectivity index (χ4v) is 7.47. The van der Waals surface area contributed by atoms with Crippen molar-refractivity contribution >= 4 is 11.4 Å². The molecule has 0 saturated carbocycles. The first kappa shape index (κ1) is 46.7. The molecule has 0 saturated heterocycles. The number of benzene rings is 7. The maximum atomic E-state index is 8.49. The van der Waals surface area contributed by atoms with Gasteiger partial charge in [-0.1, -0.05) is 97.1 Å². The van der Waals surface area contributed by atoms with Gasteiger partial charge in [-0.25, -0.2) is 37.3 Å². The Morgan fingerprint density at radius 1 is 0.258 bits per heavy atom. The molecule has 330 valence electrons. The number of anilines is 2. The minimum atomic E-state index is -4.94. The van der Waals surface area contributed by atoms with Crippen molar-refractivity contribution in [1.82, 2.24) is 0 Å². The third-order valence-corrected chi connectivity index (χ3v) is 10.3. The molecule has 9 aromatic rings. The standard InChI is InChI=1S/C52H39N4.2ClHO4/c53-45-25-29-47(30-26-45)55-49(39-13-5-1-6-14-39)33-43(34-50(55)40-15-7-2-8-16-40)37-21-23-38(24-22-37)44-35-51(41-17-9-3-10-18-41)56(48-31-27-46(54)28-32-48)52(36-44)42-19-11-4-12-20-42;2*2-1(3,4)5/h1-36,53H,54H2;2*(H,2,3,4,5)/q+1;;/p-1. The Kier molecular flexibility index (Phi) is 14.6. The summed E-state index contributed by atoms with van der Waals surface area (Å²) in [7, 11) is -9.89. The number of nitrogen functional groups attached to an aromatic ring is 2. The molecule has 9 rings (SSSR count). The average Bonchev–Trinajstić information content (AvgIpc) is 3.31. The summed E-state index contributed by atoms with van der Waals surface area (Å²) in [5, 5.41) is 0. The zero-order chi connectivity index (χ0) is 46.8. The number of rotatable bonds is 8. The van der Waals surface area contributed by atoms with Gasteiger partial charge >= 0.3 is 0 Å². The molecule has 4 N–H and O–H groups in total. The summed E-state index contributed by atoms with van der Waals surface area (Å²) in [6, 6.07) is 76.7. The molecular weight excluding hydrogens is 879 g/mol. The predicted octanol–water partition coefficient (Wildman–Crippen LogP) is 1.89. The van der Waals surface area contributed by atoms with Crippen LogP contribution in [0.5, 0.6) is 0 Å². The topological polar surface area (TPSA) is 244 Å². The van der Waals surface area contributed by atoms with Crippen LogP contribution in [0.3, 0.4) is 0 Å². The van der Waals surface area contributed by atoms with Crippen molar-refractivity contribution in [3.63, 3.8) is 0 Å². The van der Waals surface area contributed by atoms with E-state index in [4.69, 9.17) is 48.7 Å². The van der Waals surface area contributed by atoms with E-state index in [9.17, 15) is 0 Å². The Balaban J connectivity index is 0.000000588. The third-order valence-electron chi connectivity index (χ3n) is 10.3. The second-order valence-electron chi connectivity index (χ2n) is 14.7. The fraction of sp³-hybridized carbons (Fsp3) is 0. The van der Waals surface area contributed by atoms with Gasteiger partial charge in [0, 0.05) is 82.2 Å². The van der Waals surface area contributed by atoms with Gasteiger partial charge in [0.1, 0.15) is 0 Å². The molecule has 0 bridgehead atoms. The molecule has 14 heteroatoms. The van der Waals surface area contributed by atoms with Crippen LogP contribution < -0.4 is 57.9 Å². The predicted molar refractivity (Wildman–Crippen MR) is 231 cm³/mol. The van der Waals surface area contributed by atoms with E-state index in [2.05, 4.69) is 203 Å². The second kappa shape index (κ2) is 20.7. The molecule has 0 amide bonds. The monoisotopic (exact) mass is 918 g/mol. The zero-order valence-corrected chi connectivity index (χ0v) is 36.4. The van der Waals surface area contributed by atoms with E-state index < -0.39 is 20.5 Å². The zero-order valence-electron chi connectivity index (χ0n) is 34.9. The summed E-state index contributed by atoms with van der Waals surface area (Å²) >= 11 is 0. The lowest BCUT2D eigenvalue weighted by molar-refractivity contribution is -2.00. The largest absolute Gasteiger partial charge is 0.399 e. The molecule has 0 aliphatic carbocycles. The molecule has 7 aromatic carbocycles. The number of nitrogens with two attached hydrogens (primary N) is 2. The molecule has 2 aromatic heterocycles. The average molecular weight is 920 g/mol. The molecule has 2 heterocycles. The van der Waals surface area contributed by atoms with Crippen LogP contribution in [-0.4, -0.2) is 0 Å². The Morgan fingerprint density at radius 2 is 0.470 bits per heavy atom. The summed E-state index contributed by atoms with van der Waals surface area (Å²) in [5.41, 5.74) is 29.3. The number of pyridine rings is 2. The Bertz CT molecular complexity index is 2650. The molecule has 0 atom stereocenters. The highest BCUT2D eigenvalue weighted by molar-refractivity contribution is 5.79. The van der Waals surface area contributed by atoms with E-state index in [0.717, 1.165) is 90.0 Å². The molecule has 0 aliphatic rings. The summed E-state index contributed by atoms with van der Waals surface area (Å²) in [6.07, 6.45) is 0. The Morgan fingerprint density at radius 3 is 0.682 bits per heavy atom. The maximum Gasteiger partial charge on any atom is 0.219 e. The highest BCUT2D eigenvalue weighted by Gasteiger charge is 2.27. The third kappa shape index (κ3) is 12.5. The van der Waals surface area contributed by atoms with Crippen molar-refractivity contribution in [2.45, 2.75) is 0 Å². The minimum Gasteiger partial charge on any atom is -0.399 e. The number of hydrogen-bond donors (Lipinski definition) is 2. The molecule has 66 heavy (non-hydrogen) atoms. The van der Waals surface area contributed by atoms with Crippen LogP contribution in [0.15, 0.2) is 218 Å². The van der Waals surface area contributed by atoms with E-state index >= 15 is 0 Å². The molecule has 0 fully saturated rings. The molecule has 0 aliphatic heterocycles. The van der Waals surface area contributed by atoms with Crippen molar-refractivity contribution in [3.05, 3.63) is 218 Å². The molecule has 0 spiro atoms. The first-order valence-corrected chi connectivity index (χ1v) is 22.5. The first-order valence-electron chi connectivity index (χ1n) is 20.1. The lowest BCUT2D eigenvalue weighted by atomic mass is 9.95. The summed E-state index contributed by atoms with van der Waals surface area (Å²) in [6.45, 7) is 0. The van der Waals surface area contributed by atoms with Crippen LogP contribution in [-0.2, 0) is 0 Å². The second-order valence-corrected chi connectivity index (χ2v) is 16.2. The Labute approximate surface area is 385 Å². The van der Waals surface area contributed by atoms with Crippen LogP contribution in [0.4, 0.5) is 11.4 Å². The van der Waals surface area contributed by atoms with Gasteiger partial charge in [0.2, 0.25) is 34.2 Å². The summed E-state index contributed by atoms with van der Waals surface area (Å²) in [5.74, 6) is 0. The van der Waals surface area contributed by atoms with E-state index in [1.807, 2.05) is 24.3 Å². The van der Waals surface area contributed by atoms with Gasteiger partial charge < -0.3 is 11.5 Å². The van der Waals surface area contributed by atoms with Crippen molar-refractivity contribution < 1.29 is 66.9 Å². The molecule has 0 unspecified atom stereocenters.